The van der Waals surface area contributed by atoms with Crippen molar-refractivity contribution in [2.45, 2.75) is 31.7 Å². The van der Waals surface area contributed by atoms with E-state index >= 15 is 0 Å². The molecule has 0 spiro atoms. The van der Waals surface area contributed by atoms with Crippen LogP contribution in [0.15, 0.2) is 64.7 Å². The lowest BCUT2D eigenvalue weighted by atomic mass is 10.2. The highest BCUT2D eigenvalue weighted by Crippen LogP contribution is 2.26. The quantitative estimate of drug-likeness (QED) is 0.272. The minimum Gasteiger partial charge on any atom is -0.486 e. The number of nitrogens with zero attached hydrogens (tertiary/aromatic N) is 3. The molecule has 0 aliphatic rings. The summed E-state index contributed by atoms with van der Waals surface area (Å²) in [4.78, 5) is 12.3. The molecular weight excluding hydrogens is 500 g/mol. The van der Waals surface area contributed by atoms with Gasteiger partial charge in [0, 0.05) is 16.7 Å². The minimum absolute atomic E-state index is 0.162. The second kappa shape index (κ2) is 11.4. The van der Waals surface area contributed by atoms with Crippen LogP contribution in [0.3, 0.4) is 0 Å². The number of carbonyl (C=O) groups excluding carboxylic acids is 1. The van der Waals surface area contributed by atoms with Gasteiger partial charge in [-0.3, -0.25) is 9.36 Å². The highest BCUT2D eigenvalue weighted by molar-refractivity contribution is 9.10. The van der Waals surface area contributed by atoms with Gasteiger partial charge in [-0.05, 0) is 58.2 Å². The molecule has 3 rings (SSSR count). The molecule has 0 aliphatic carbocycles. The summed E-state index contributed by atoms with van der Waals surface area (Å²) in [6.07, 6.45) is 2.74. The van der Waals surface area contributed by atoms with E-state index in [-0.39, 0.29) is 18.3 Å². The SMILES string of the molecule is C=CCn1c(COc2ccc(CC)cc2)nnc1SCC(=O)Nc1ccc(Br)c(Cl)c1. The molecule has 0 fully saturated rings. The Morgan fingerprint density at radius 2 is 2.06 bits per heavy atom. The van der Waals surface area contributed by atoms with Crippen molar-refractivity contribution >= 4 is 50.9 Å². The first-order valence-electron chi connectivity index (χ1n) is 9.62. The van der Waals surface area contributed by atoms with Gasteiger partial charge < -0.3 is 10.1 Å². The molecule has 0 radical (unpaired) electrons. The summed E-state index contributed by atoms with van der Waals surface area (Å²) in [5.41, 5.74) is 1.89. The molecule has 1 heterocycles. The molecule has 0 saturated heterocycles. The van der Waals surface area contributed by atoms with Crippen LogP contribution in [-0.4, -0.2) is 26.4 Å². The summed E-state index contributed by atoms with van der Waals surface area (Å²) in [6.45, 7) is 6.71. The number of carbonyl (C=O) groups is 1. The molecule has 1 aromatic heterocycles. The first kappa shape index (κ1) is 23.4. The second-order valence-corrected chi connectivity index (χ2v) is 8.75. The molecule has 0 bridgehead atoms. The Kier molecular flexibility index (Phi) is 8.57. The van der Waals surface area contributed by atoms with Gasteiger partial charge in [0.05, 0.1) is 10.8 Å². The molecule has 2 aromatic carbocycles. The van der Waals surface area contributed by atoms with Gasteiger partial charge in [-0.25, -0.2) is 0 Å². The standard InChI is InChI=1S/C22H22BrClN4O2S/c1-3-11-28-20(13-30-17-8-5-15(4-2)6-9-17)26-27-22(28)31-14-21(29)25-16-7-10-18(23)19(24)12-16/h3,5-10,12H,1,4,11,13-14H2,2H3,(H,25,29). The number of aryl methyl sites for hydroxylation is 1. The second-order valence-electron chi connectivity index (χ2n) is 6.55. The van der Waals surface area contributed by atoms with Crippen LogP contribution in [0.1, 0.15) is 18.3 Å². The summed E-state index contributed by atoms with van der Waals surface area (Å²) in [5.74, 6) is 1.46. The van der Waals surface area contributed by atoms with Crippen molar-refractivity contribution in [3.05, 3.63) is 76.0 Å². The average Bonchev–Trinajstić information content (AvgIpc) is 3.15. The number of anilines is 1. The van der Waals surface area contributed by atoms with Gasteiger partial charge in [-0.1, -0.05) is 48.5 Å². The number of aromatic nitrogens is 3. The summed E-state index contributed by atoms with van der Waals surface area (Å²) in [5, 5.41) is 12.4. The molecule has 6 nitrogen and oxygen atoms in total. The van der Waals surface area contributed by atoms with Gasteiger partial charge in [0.2, 0.25) is 5.91 Å². The van der Waals surface area contributed by atoms with Crippen molar-refractivity contribution < 1.29 is 9.53 Å². The van der Waals surface area contributed by atoms with Crippen molar-refractivity contribution in [3.63, 3.8) is 0 Å². The van der Waals surface area contributed by atoms with E-state index in [0.29, 0.717) is 28.2 Å². The number of hydrogen-bond donors (Lipinski definition) is 1. The van der Waals surface area contributed by atoms with E-state index in [2.05, 4.69) is 44.9 Å². The number of ether oxygens (including phenoxy) is 1. The lowest BCUT2D eigenvalue weighted by Gasteiger charge is -2.10. The minimum atomic E-state index is -0.162. The number of hydrogen-bond acceptors (Lipinski definition) is 5. The van der Waals surface area contributed by atoms with E-state index in [0.717, 1.165) is 16.6 Å². The Bertz CT molecular complexity index is 1060. The Balaban J connectivity index is 1.60. The van der Waals surface area contributed by atoms with Crippen LogP contribution in [0, 0.1) is 0 Å². The van der Waals surface area contributed by atoms with Gasteiger partial charge in [0.15, 0.2) is 11.0 Å². The third kappa shape index (κ3) is 6.59. The van der Waals surface area contributed by atoms with Crippen LogP contribution >= 0.6 is 39.3 Å². The fourth-order valence-electron chi connectivity index (χ4n) is 2.72. The van der Waals surface area contributed by atoms with E-state index in [4.69, 9.17) is 16.3 Å². The van der Waals surface area contributed by atoms with Crippen molar-refractivity contribution in [3.8, 4) is 5.75 Å². The Labute approximate surface area is 199 Å². The van der Waals surface area contributed by atoms with Crippen LogP contribution < -0.4 is 10.1 Å². The molecule has 9 heteroatoms. The smallest absolute Gasteiger partial charge is 0.234 e. The monoisotopic (exact) mass is 520 g/mol. The van der Waals surface area contributed by atoms with Crippen molar-refractivity contribution in [2.24, 2.45) is 0 Å². The molecule has 3 aromatic rings. The third-order valence-corrected chi connectivity index (χ3v) is 6.54. The Morgan fingerprint density at radius 3 is 2.74 bits per heavy atom. The summed E-state index contributed by atoms with van der Waals surface area (Å²) in [6, 6.07) is 13.2. The van der Waals surface area contributed by atoms with Crippen molar-refractivity contribution in [1.29, 1.82) is 0 Å². The average molecular weight is 522 g/mol. The van der Waals surface area contributed by atoms with Gasteiger partial charge in [-0.2, -0.15) is 0 Å². The Hall–Kier alpha value is -2.29. The van der Waals surface area contributed by atoms with Crippen molar-refractivity contribution in [2.75, 3.05) is 11.1 Å². The maximum atomic E-state index is 12.3. The summed E-state index contributed by atoms with van der Waals surface area (Å²) >= 11 is 10.7. The molecule has 31 heavy (non-hydrogen) atoms. The van der Waals surface area contributed by atoms with E-state index < -0.39 is 0 Å². The van der Waals surface area contributed by atoms with Gasteiger partial charge in [-0.15, -0.1) is 16.8 Å². The number of thioether (sulfide) groups is 1. The fraction of sp³-hybridized carbons (Fsp3) is 0.227. The lowest BCUT2D eigenvalue weighted by Crippen LogP contribution is -2.15. The number of halogens is 2. The first-order chi connectivity index (χ1) is 15.0. The normalized spacial score (nSPS) is 10.7. The molecule has 0 saturated carbocycles. The van der Waals surface area contributed by atoms with Gasteiger partial charge in [0.1, 0.15) is 12.4 Å². The highest BCUT2D eigenvalue weighted by atomic mass is 79.9. The maximum Gasteiger partial charge on any atom is 0.234 e. The molecule has 0 aliphatic heterocycles. The van der Waals surface area contributed by atoms with Crippen molar-refractivity contribution in [1.82, 2.24) is 14.8 Å². The molecule has 0 atom stereocenters. The van der Waals surface area contributed by atoms with Gasteiger partial charge >= 0.3 is 0 Å². The number of nitrogens with one attached hydrogen (secondary N) is 1. The number of amides is 1. The molecule has 1 amide bonds. The van der Waals surface area contributed by atoms with Crippen LogP contribution in [-0.2, 0) is 24.4 Å². The predicted octanol–water partition coefficient (Wildman–Crippen LogP) is 5.75. The van der Waals surface area contributed by atoms with Crippen LogP contribution in [0.2, 0.25) is 5.02 Å². The largest absolute Gasteiger partial charge is 0.486 e. The Morgan fingerprint density at radius 1 is 1.29 bits per heavy atom. The van der Waals surface area contributed by atoms with E-state index in [1.807, 2.05) is 28.8 Å². The molecule has 162 valence electrons. The number of allylic oxidation sites excluding steroid dienone is 1. The summed E-state index contributed by atoms with van der Waals surface area (Å²) < 4.78 is 8.52. The fourth-order valence-corrected chi connectivity index (χ4v) is 3.91. The first-order valence-corrected chi connectivity index (χ1v) is 11.8. The molecular formula is C22H22BrClN4O2S. The third-order valence-electron chi connectivity index (χ3n) is 4.34. The zero-order valence-electron chi connectivity index (χ0n) is 17.0. The number of benzene rings is 2. The topological polar surface area (TPSA) is 69.0 Å². The summed E-state index contributed by atoms with van der Waals surface area (Å²) in [7, 11) is 0. The maximum absolute atomic E-state index is 12.3. The number of rotatable bonds is 10. The van der Waals surface area contributed by atoms with Crippen LogP contribution in [0.4, 0.5) is 5.69 Å². The zero-order chi connectivity index (χ0) is 22.2. The van der Waals surface area contributed by atoms with Gasteiger partial charge in [0.25, 0.3) is 0 Å². The molecule has 0 unspecified atom stereocenters. The van der Waals surface area contributed by atoms with E-state index in [9.17, 15) is 4.79 Å². The highest BCUT2D eigenvalue weighted by Gasteiger charge is 2.14. The van der Waals surface area contributed by atoms with Crippen LogP contribution in [0.5, 0.6) is 5.75 Å². The molecule has 1 N–H and O–H groups in total. The van der Waals surface area contributed by atoms with E-state index in [1.54, 1.807) is 24.3 Å². The predicted molar refractivity (Wildman–Crippen MR) is 129 cm³/mol. The van der Waals surface area contributed by atoms with Crippen LogP contribution in [0.25, 0.3) is 0 Å². The lowest BCUT2D eigenvalue weighted by molar-refractivity contribution is -0.113. The van der Waals surface area contributed by atoms with E-state index in [1.165, 1.54) is 17.3 Å². The zero-order valence-corrected chi connectivity index (χ0v) is 20.1.